The molecule has 0 spiro atoms. The normalized spacial score (nSPS) is 21.1. The van der Waals surface area contributed by atoms with E-state index in [9.17, 15) is 13.2 Å². The maximum Gasteiger partial charge on any atom is 0.490 e. The van der Waals surface area contributed by atoms with Gasteiger partial charge in [0.2, 0.25) is 0 Å². The molecular weight excluding hydrogens is 267 g/mol. The monoisotopic (exact) mass is 285 g/mol. The van der Waals surface area contributed by atoms with Gasteiger partial charge in [0.15, 0.2) is 0 Å². The lowest BCUT2D eigenvalue weighted by atomic mass is 10.0. The Kier molecular flexibility index (Phi) is 6.28. The molecule has 1 aliphatic carbocycles. The molecule has 2 rings (SSSR count). The molecular formula is C11H18F3NO2S. The predicted octanol–water partition coefficient (Wildman–Crippen LogP) is 2.51. The van der Waals surface area contributed by atoms with E-state index in [2.05, 4.69) is 17.1 Å². The molecule has 3 nitrogen and oxygen atoms in total. The van der Waals surface area contributed by atoms with Gasteiger partial charge in [0.25, 0.3) is 0 Å². The van der Waals surface area contributed by atoms with Crippen molar-refractivity contribution >= 4 is 17.7 Å². The SMILES string of the molecule is C1CC(CSC2CC2)CCN1.O=C(O)C(F)(F)F. The molecule has 1 heterocycles. The number of thioether (sulfide) groups is 1. The van der Waals surface area contributed by atoms with Crippen LogP contribution in [0.5, 0.6) is 0 Å². The molecule has 0 unspecified atom stereocenters. The fraction of sp³-hybridized carbons (Fsp3) is 0.909. The van der Waals surface area contributed by atoms with Crippen molar-refractivity contribution in [2.45, 2.75) is 37.1 Å². The lowest BCUT2D eigenvalue weighted by Crippen LogP contribution is -2.28. The Balaban J connectivity index is 0.000000203. The lowest BCUT2D eigenvalue weighted by molar-refractivity contribution is -0.192. The maximum absolute atomic E-state index is 10.6. The summed E-state index contributed by atoms with van der Waals surface area (Å²) in [6.07, 6.45) is 0.741. The third kappa shape index (κ3) is 7.10. The minimum Gasteiger partial charge on any atom is -0.475 e. The third-order valence-corrected chi connectivity index (χ3v) is 4.40. The molecule has 0 aromatic rings. The fourth-order valence-electron chi connectivity index (χ4n) is 1.56. The van der Waals surface area contributed by atoms with Gasteiger partial charge in [0.05, 0.1) is 0 Å². The van der Waals surface area contributed by atoms with E-state index in [4.69, 9.17) is 9.90 Å². The number of rotatable bonds is 3. The van der Waals surface area contributed by atoms with Crippen LogP contribution < -0.4 is 5.32 Å². The van der Waals surface area contributed by atoms with Gasteiger partial charge in [0, 0.05) is 5.25 Å². The molecule has 2 fully saturated rings. The number of carboxylic acids is 1. The topological polar surface area (TPSA) is 49.3 Å². The number of halogens is 3. The lowest BCUT2D eigenvalue weighted by Gasteiger charge is -2.21. The van der Waals surface area contributed by atoms with E-state index in [0.29, 0.717) is 0 Å². The predicted molar refractivity (Wildman–Crippen MR) is 64.8 cm³/mol. The van der Waals surface area contributed by atoms with Crippen LogP contribution in [0.2, 0.25) is 0 Å². The van der Waals surface area contributed by atoms with E-state index >= 15 is 0 Å². The Hall–Kier alpha value is -0.430. The summed E-state index contributed by atoms with van der Waals surface area (Å²) in [6.45, 7) is 2.52. The molecule has 0 aromatic heterocycles. The molecule has 2 N–H and O–H groups in total. The number of nitrogens with one attached hydrogen (secondary N) is 1. The van der Waals surface area contributed by atoms with Gasteiger partial charge in [-0.25, -0.2) is 4.79 Å². The van der Waals surface area contributed by atoms with Crippen molar-refractivity contribution in [2.24, 2.45) is 5.92 Å². The summed E-state index contributed by atoms with van der Waals surface area (Å²) >= 11 is 2.22. The highest BCUT2D eigenvalue weighted by Gasteiger charge is 2.38. The van der Waals surface area contributed by atoms with Crippen LogP contribution in [0, 0.1) is 5.92 Å². The summed E-state index contributed by atoms with van der Waals surface area (Å²) in [5.74, 6) is -0.291. The van der Waals surface area contributed by atoms with Crippen LogP contribution in [0.25, 0.3) is 0 Å². The number of alkyl halides is 3. The van der Waals surface area contributed by atoms with Gasteiger partial charge >= 0.3 is 12.1 Å². The molecule has 106 valence electrons. The molecule has 1 aliphatic heterocycles. The smallest absolute Gasteiger partial charge is 0.475 e. The molecule has 0 bridgehead atoms. The number of hydrogen-bond donors (Lipinski definition) is 2. The molecule has 0 amide bonds. The van der Waals surface area contributed by atoms with Gasteiger partial charge < -0.3 is 10.4 Å². The van der Waals surface area contributed by atoms with Gasteiger partial charge in [-0.2, -0.15) is 24.9 Å². The van der Waals surface area contributed by atoms with Crippen LogP contribution in [0.1, 0.15) is 25.7 Å². The first-order valence-electron chi connectivity index (χ1n) is 6.02. The first-order valence-corrected chi connectivity index (χ1v) is 7.07. The first kappa shape index (κ1) is 15.6. The average molecular weight is 285 g/mol. The Morgan fingerprint density at radius 2 is 1.72 bits per heavy atom. The maximum atomic E-state index is 10.6. The highest BCUT2D eigenvalue weighted by molar-refractivity contribution is 8.00. The molecule has 1 saturated carbocycles. The average Bonchev–Trinajstić information content (AvgIpc) is 3.11. The zero-order chi connectivity index (χ0) is 13.6. The summed E-state index contributed by atoms with van der Waals surface area (Å²) in [6, 6.07) is 0. The van der Waals surface area contributed by atoms with E-state index in [-0.39, 0.29) is 0 Å². The fourth-order valence-corrected chi connectivity index (χ4v) is 2.90. The Labute approximate surface area is 109 Å². The number of piperidine rings is 1. The molecule has 0 aromatic carbocycles. The highest BCUT2D eigenvalue weighted by atomic mass is 32.2. The van der Waals surface area contributed by atoms with Crippen LogP contribution in [0.4, 0.5) is 13.2 Å². The van der Waals surface area contributed by atoms with Crippen molar-refractivity contribution < 1.29 is 23.1 Å². The van der Waals surface area contributed by atoms with E-state index in [0.717, 1.165) is 11.2 Å². The van der Waals surface area contributed by atoms with Gasteiger partial charge in [-0.15, -0.1) is 0 Å². The minimum atomic E-state index is -5.08. The van der Waals surface area contributed by atoms with Gasteiger partial charge in [0.1, 0.15) is 0 Å². The zero-order valence-corrected chi connectivity index (χ0v) is 10.8. The second-order valence-corrected chi connectivity index (χ2v) is 5.86. The number of carbonyl (C=O) groups is 1. The van der Waals surface area contributed by atoms with Crippen LogP contribution >= 0.6 is 11.8 Å². The molecule has 2 aliphatic rings. The quantitative estimate of drug-likeness (QED) is 0.836. The van der Waals surface area contributed by atoms with Gasteiger partial charge in [-0.1, -0.05) is 0 Å². The van der Waals surface area contributed by atoms with Crippen molar-refractivity contribution in [1.29, 1.82) is 0 Å². The van der Waals surface area contributed by atoms with Gasteiger partial charge in [-0.05, 0) is 50.4 Å². The summed E-state index contributed by atoms with van der Waals surface area (Å²) in [5, 5.41) is 11.6. The molecule has 0 radical (unpaired) electrons. The molecule has 0 atom stereocenters. The van der Waals surface area contributed by atoms with Crippen molar-refractivity contribution in [3.63, 3.8) is 0 Å². The standard InChI is InChI=1S/C9H17NS.C2HF3O2/c1-2-9(1)11-7-8-3-5-10-6-4-8;3-2(4,5)1(6)7/h8-10H,1-7H2;(H,6,7). The van der Waals surface area contributed by atoms with Crippen molar-refractivity contribution in [3.8, 4) is 0 Å². The van der Waals surface area contributed by atoms with Crippen LogP contribution in [0.15, 0.2) is 0 Å². The van der Waals surface area contributed by atoms with Crippen LogP contribution in [-0.2, 0) is 4.79 Å². The second-order valence-electron chi connectivity index (χ2n) is 4.53. The molecule has 18 heavy (non-hydrogen) atoms. The summed E-state index contributed by atoms with van der Waals surface area (Å²) in [7, 11) is 0. The van der Waals surface area contributed by atoms with E-state index < -0.39 is 12.1 Å². The first-order chi connectivity index (χ1) is 8.39. The minimum absolute atomic E-state index is 1.03. The Bertz CT molecular complexity index is 264. The number of aliphatic carboxylic acids is 1. The van der Waals surface area contributed by atoms with E-state index in [1.165, 1.54) is 44.5 Å². The van der Waals surface area contributed by atoms with Crippen molar-refractivity contribution in [3.05, 3.63) is 0 Å². The van der Waals surface area contributed by atoms with Crippen LogP contribution in [0.3, 0.4) is 0 Å². The second kappa shape index (κ2) is 7.23. The Morgan fingerprint density at radius 3 is 2.11 bits per heavy atom. The largest absolute Gasteiger partial charge is 0.490 e. The highest BCUT2D eigenvalue weighted by Crippen LogP contribution is 2.36. The molecule has 7 heteroatoms. The number of carboxylic acid groups (broad SMARTS) is 1. The summed E-state index contributed by atoms with van der Waals surface area (Å²) in [4.78, 5) is 8.90. The van der Waals surface area contributed by atoms with E-state index in [1.54, 1.807) is 0 Å². The van der Waals surface area contributed by atoms with Gasteiger partial charge in [-0.3, -0.25) is 0 Å². The van der Waals surface area contributed by atoms with Crippen LogP contribution in [-0.4, -0.2) is 41.3 Å². The zero-order valence-electron chi connectivity index (χ0n) is 10.0. The summed E-state index contributed by atoms with van der Waals surface area (Å²) in [5.41, 5.74) is 0. The van der Waals surface area contributed by atoms with Crippen molar-refractivity contribution in [1.82, 2.24) is 5.32 Å². The summed E-state index contributed by atoms with van der Waals surface area (Å²) < 4.78 is 31.7. The van der Waals surface area contributed by atoms with E-state index in [1.807, 2.05) is 0 Å². The number of hydrogen-bond acceptors (Lipinski definition) is 3. The third-order valence-electron chi connectivity index (χ3n) is 2.79. The Morgan fingerprint density at radius 1 is 1.22 bits per heavy atom. The molecule has 1 saturated heterocycles. The van der Waals surface area contributed by atoms with Crippen molar-refractivity contribution in [2.75, 3.05) is 18.8 Å².